The highest BCUT2D eigenvalue weighted by Crippen LogP contribution is 2.24. The molecule has 0 saturated carbocycles. The van der Waals surface area contributed by atoms with Crippen molar-refractivity contribution in [2.45, 2.75) is 30.4 Å². The average molecular weight is 195 g/mol. The molecule has 0 spiro atoms. The number of ketones is 1. The van der Waals surface area contributed by atoms with Gasteiger partial charge in [0.15, 0.2) is 0 Å². The highest BCUT2D eigenvalue weighted by Gasteiger charge is 2.06. The zero-order valence-electron chi connectivity index (χ0n) is 7.86. The number of hydrogen-bond acceptors (Lipinski definition) is 3. The zero-order chi connectivity index (χ0) is 9.68. The van der Waals surface area contributed by atoms with Gasteiger partial charge in [-0.2, -0.15) is 0 Å². The Morgan fingerprint density at radius 1 is 1.54 bits per heavy atom. The molecule has 0 aliphatic rings. The van der Waals surface area contributed by atoms with Gasteiger partial charge in [0, 0.05) is 29.0 Å². The van der Waals surface area contributed by atoms with Crippen LogP contribution in [0.4, 0.5) is 0 Å². The van der Waals surface area contributed by atoms with E-state index in [4.69, 9.17) is 0 Å². The van der Waals surface area contributed by atoms with E-state index >= 15 is 0 Å². The standard InChI is InChI=1S/C10H13NOS/c1-8(12)7-9(2)13-10-3-5-11-6-4-10/h3-6,9H,7H2,1-2H3. The van der Waals surface area contributed by atoms with E-state index in [0.29, 0.717) is 11.7 Å². The molecule has 1 atom stereocenters. The second kappa shape index (κ2) is 5.02. The summed E-state index contributed by atoms with van der Waals surface area (Å²) in [7, 11) is 0. The van der Waals surface area contributed by atoms with Crippen molar-refractivity contribution >= 4 is 17.5 Å². The minimum Gasteiger partial charge on any atom is -0.300 e. The third kappa shape index (κ3) is 4.08. The van der Waals surface area contributed by atoms with Crippen LogP contribution < -0.4 is 0 Å². The number of hydrogen-bond donors (Lipinski definition) is 0. The predicted molar refractivity (Wildman–Crippen MR) is 54.9 cm³/mol. The molecule has 0 radical (unpaired) electrons. The Bertz CT molecular complexity index is 274. The quantitative estimate of drug-likeness (QED) is 0.691. The third-order valence-corrected chi connectivity index (χ3v) is 2.68. The molecule has 0 saturated heterocycles. The van der Waals surface area contributed by atoms with E-state index in [-0.39, 0.29) is 5.78 Å². The fourth-order valence-corrected chi connectivity index (χ4v) is 2.16. The molecule has 0 bridgehead atoms. The number of aromatic nitrogens is 1. The lowest BCUT2D eigenvalue weighted by atomic mass is 10.2. The van der Waals surface area contributed by atoms with E-state index < -0.39 is 0 Å². The van der Waals surface area contributed by atoms with Gasteiger partial charge in [0.1, 0.15) is 5.78 Å². The molecule has 0 N–H and O–H groups in total. The van der Waals surface area contributed by atoms with Crippen molar-refractivity contribution in [3.63, 3.8) is 0 Å². The van der Waals surface area contributed by atoms with Gasteiger partial charge >= 0.3 is 0 Å². The first-order valence-electron chi connectivity index (χ1n) is 4.24. The normalized spacial score (nSPS) is 12.5. The van der Waals surface area contributed by atoms with E-state index in [9.17, 15) is 4.79 Å². The molecule has 0 aromatic carbocycles. The Kier molecular flexibility index (Phi) is 3.96. The predicted octanol–water partition coefficient (Wildman–Crippen LogP) is 2.54. The van der Waals surface area contributed by atoms with Gasteiger partial charge in [0.25, 0.3) is 0 Å². The highest BCUT2D eigenvalue weighted by atomic mass is 32.2. The highest BCUT2D eigenvalue weighted by molar-refractivity contribution is 8.00. The van der Waals surface area contributed by atoms with Gasteiger partial charge in [-0.3, -0.25) is 9.78 Å². The Balaban J connectivity index is 2.45. The summed E-state index contributed by atoms with van der Waals surface area (Å²) in [6, 6.07) is 3.92. The maximum atomic E-state index is 10.8. The Morgan fingerprint density at radius 2 is 2.15 bits per heavy atom. The van der Waals surface area contributed by atoms with Crippen LogP contribution in [0.1, 0.15) is 20.3 Å². The molecule has 1 unspecified atom stereocenters. The summed E-state index contributed by atoms with van der Waals surface area (Å²) >= 11 is 1.71. The van der Waals surface area contributed by atoms with Gasteiger partial charge in [-0.1, -0.05) is 6.92 Å². The van der Waals surface area contributed by atoms with E-state index in [1.165, 1.54) is 4.90 Å². The minimum atomic E-state index is 0.244. The van der Waals surface area contributed by atoms with Crippen molar-refractivity contribution in [2.24, 2.45) is 0 Å². The summed E-state index contributed by atoms with van der Waals surface area (Å²) in [5.41, 5.74) is 0. The summed E-state index contributed by atoms with van der Waals surface area (Å²) in [6.07, 6.45) is 4.17. The molecule has 1 rings (SSSR count). The average Bonchev–Trinajstić information content (AvgIpc) is 2.04. The molecule has 1 aromatic heterocycles. The number of nitrogens with zero attached hydrogens (tertiary/aromatic N) is 1. The molecule has 3 heteroatoms. The molecule has 1 heterocycles. The van der Waals surface area contributed by atoms with E-state index in [1.54, 1.807) is 31.1 Å². The fourth-order valence-electron chi connectivity index (χ4n) is 1.10. The van der Waals surface area contributed by atoms with Crippen molar-refractivity contribution in [1.82, 2.24) is 4.98 Å². The molecule has 0 amide bonds. The molecule has 0 aliphatic carbocycles. The monoisotopic (exact) mass is 195 g/mol. The molecule has 13 heavy (non-hydrogen) atoms. The smallest absolute Gasteiger partial charge is 0.130 e. The number of carbonyl (C=O) groups is 1. The molecular formula is C10H13NOS. The molecule has 2 nitrogen and oxygen atoms in total. The number of carbonyl (C=O) groups excluding carboxylic acids is 1. The number of rotatable bonds is 4. The van der Waals surface area contributed by atoms with Crippen molar-refractivity contribution in [3.8, 4) is 0 Å². The van der Waals surface area contributed by atoms with Crippen LogP contribution in [-0.4, -0.2) is 16.0 Å². The number of Topliss-reactive ketones (excluding diaryl/α,β-unsaturated/α-hetero) is 1. The molecule has 0 aliphatic heterocycles. The van der Waals surface area contributed by atoms with Crippen molar-refractivity contribution in [2.75, 3.05) is 0 Å². The lowest BCUT2D eigenvalue weighted by Gasteiger charge is -2.07. The van der Waals surface area contributed by atoms with Crippen LogP contribution in [-0.2, 0) is 4.79 Å². The van der Waals surface area contributed by atoms with Crippen LogP contribution in [0.25, 0.3) is 0 Å². The lowest BCUT2D eigenvalue weighted by molar-refractivity contribution is -0.116. The van der Waals surface area contributed by atoms with E-state index in [1.807, 2.05) is 12.1 Å². The van der Waals surface area contributed by atoms with Crippen LogP contribution >= 0.6 is 11.8 Å². The maximum Gasteiger partial charge on any atom is 0.130 e. The first-order valence-corrected chi connectivity index (χ1v) is 5.12. The summed E-state index contributed by atoms with van der Waals surface area (Å²) in [5, 5.41) is 0.347. The van der Waals surface area contributed by atoms with Gasteiger partial charge in [-0.25, -0.2) is 0 Å². The first kappa shape index (κ1) is 10.3. The topological polar surface area (TPSA) is 30.0 Å². The van der Waals surface area contributed by atoms with Gasteiger partial charge in [0.2, 0.25) is 0 Å². The molecule has 1 aromatic rings. The molecular weight excluding hydrogens is 182 g/mol. The maximum absolute atomic E-state index is 10.8. The van der Waals surface area contributed by atoms with Crippen LogP contribution in [0.5, 0.6) is 0 Å². The second-order valence-electron chi connectivity index (χ2n) is 3.02. The largest absolute Gasteiger partial charge is 0.300 e. The first-order chi connectivity index (χ1) is 6.18. The van der Waals surface area contributed by atoms with E-state index in [0.717, 1.165) is 0 Å². The number of thioether (sulfide) groups is 1. The Labute approximate surface area is 82.8 Å². The lowest BCUT2D eigenvalue weighted by Crippen LogP contribution is -2.02. The fraction of sp³-hybridized carbons (Fsp3) is 0.400. The van der Waals surface area contributed by atoms with Gasteiger partial charge < -0.3 is 0 Å². The van der Waals surface area contributed by atoms with Crippen molar-refractivity contribution in [1.29, 1.82) is 0 Å². The minimum absolute atomic E-state index is 0.244. The summed E-state index contributed by atoms with van der Waals surface area (Å²) in [5.74, 6) is 0.244. The van der Waals surface area contributed by atoms with Crippen LogP contribution in [0.15, 0.2) is 29.4 Å². The number of pyridine rings is 1. The SMILES string of the molecule is CC(=O)CC(C)Sc1ccncc1. The van der Waals surface area contributed by atoms with Crippen molar-refractivity contribution < 1.29 is 4.79 Å². The van der Waals surface area contributed by atoms with E-state index in [2.05, 4.69) is 11.9 Å². The van der Waals surface area contributed by atoms with Crippen LogP contribution in [0.2, 0.25) is 0 Å². The van der Waals surface area contributed by atoms with Crippen LogP contribution in [0.3, 0.4) is 0 Å². The van der Waals surface area contributed by atoms with Gasteiger partial charge in [-0.15, -0.1) is 11.8 Å². The zero-order valence-corrected chi connectivity index (χ0v) is 8.67. The second-order valence-corrected chi connectivity index (χ2v) is 4.53. The summed E-state index contributed by atoms with van der Waals surface area (Å²) in [4.78, 5) is 15.9. The Hall–Kier alpha value is -0.830. The van der Waals surface area contributed by atoms with Crippen LogP contribution in [0, 0.1) is 0 Å². The third-order valence-electron chi connectivity index (χ3n) is 1.56. The molecule has 0 fully saturated rings. The van der Waals surface area contributed by atoms with Gasteiger partial charge in [-0.05, 0) is 19.1 Å². The van der Waals surface area contributed by atoms with Crippen molar-refractivity contribution in [3.05, 3.63) is 24.5 Å². The Morgan fingerprint density at radius 3 is 2.69 bits per heavy atom. The summed E-state index contributed by atoms with van der Waals surface area (Å²) in [6.45, 7) is 3.69. The van der Waals surface area contributed by atoms with Gasteiger partial charge in [0.05, 0.1) is 0 Å². The summed E-state index contributed by atoms with van der Waals surface area (Å²) < 4.78 is 0. The molecule has 70 valence electrons.